The summed E-state index contributed by atoms with van der Waals surface area (Å²) < 4.78 is 7.91. The van der Waals surface area contributed by atoms with E-state index in [1.54, 1.807) is 0 Å². The fourth-order valence-electron chi connectivity index (χ4n) is 2.75. The number of fused-ring (bicyclic) bond motifs is 1. The Morgan fingerprint density at radius 3 is 2.78 bits per heavy atom. The molecule has 0 saturated carbocycles. The molecule has 0 unspecified atom stereocenters. The number of benzene rings is 1. The summed E-state index contributed by atoms with van der Waals surface area (Å²) >= 11 is 7.50. The molecular weight excluding hydrogens is 386 g/mol. The summed E-state index contributed by atoms with van der Waals surface area (Å²) in [7, 11) is 0. The lowest BCUT2D eigenvalue weighted by molar-refractivity contribution is -0.124. The van der Waals surface area contributed by atoms with Gasteiger partial charge >= 0.3 is 5.97 Å². The van der Waals surface area contributed by atoms with Gasteiger partial charge in [-0.15, -0.1) is 11.3 Å². The van der Waals surface area contributed by atoms with Crippen molar-refractivity contribution in [3.05, 3.63) is 51.6 Å². The lowest BCUT2D eigenvalue weighted by Crippen LogP contribution is -2.30. The summed E-state index contributed by atoms with van der Waals surface area (Å²) in [5.74, 6) is -0.923. The van der Waals surface area contributed by atoms with Crippen molar-refractivity contribution in [2.75, 3.05) is 13.2 Å². The van der Waals surface area contributed by atoms with Gasteiger partial charge in [0.15, 0.2) is 6.61 Å². The average molecular weight is 406 g/mol. The van der Waals surface area contributed by atoms with E-state index < -0.39 is 5.97 Å². The van der Waals surface area contributed by atoms with Crippen LogP contribution >= 0.6 is 22.9 Å². The van der Waals surface area contributed by atoms with Crippen molar-refractivity contribution in [1.82, 2.24) is 15.1 Å². The monoisotopic (exact) mass is 405 g/mol. The highest BCUT2D eigenvalue weighted by Crippen LogP contribution is 2.35. The standard InChI is InChI=1S/C19H20ClN3O3S/c1-12-10-13(2)23(22-12)9-5-8-21-16(24)11-26-19(25)18-17(20)14-6-3-4-7-15(14)27-18/h3-4,6-7,10H,5,8-9,11H2,1-2H3,(H,21,24). The summed E-state index contributed by atoms with van der Waals surface area (Å²) in [6, 6.07) is 9.48. The van der Waals surface area contributed by atoms with E-state index in [9.17, 15) is 9.59 Å². The van der Waals surface area contributed by atoms with Gasteiger partial charge < -0.3 is 10.1 Å². The number of hydrogen-bond acceptors (Lipinski definition) is 5. The molecule has 0 aliphatic rings. The number of ether oxygens (including phenoxy) is 1. The number of carbonyl (C=O) groups is 2. The molecule has 0 aliphatic carbocycles. The molecule has 0 spiro atoms. The van der Waals surface area contributed by atoms with Crippen LogP contribution in [0.2, 0.25) is 5.02 Å². The highest BCUT2D eigenvalue weighted by Gasteiger charge is 2.19. The Balaban J connectivity index is 1.43. The fourth-order valence-corrected chi connectivity index (χ4v) is 4.15. The van der Waals surface area contributed by atoms with Crippen molar-refractivity contribution in [2.24, 2.45) is 0 Å². The normalized spacial score (nSPS) is 10.9. The lowest BCUT2D eigenvalue weighted by atomic mass is 10.2. The number of amides is 1. The first-order valence-corrected chi connectivity index (χ1v) is 9.77. The number of halogens is 1. The molecule has 1 N–H and O–H groups in total. The van der Waals surface area contributed by atoms with Gasteiger partial charge in [0.1, 0.15) is 4.88 Å². The van der Waals surface area contributed by atoms with E-state index in [4.69, 9.17) is 16.3 Å². The molecule has 1 aromatic carbocycles. The predicted octanol–water partition coefficient (Wildman–Crippen LogP) is 3.73. The van der Waals surface area contributed by atoms with Crippen LogP contribution in [0, 0.1) is 13.8 Å². The molecule has 0 radical (unpaired) electrons. The van der Waals surface area contributed by atoms with Crippen LogP contribution in [0.3, 0.4) is 0 Å². The molecule has 27 heavy (non-hydrogen) atoms. The largest absolute Gasteiger partial charge is 0.451 e. The average Bonchev–Trinajstić information content (AvgIpc) is 3.15. The second-order valence-corrected chi connectivity index (χ2v) is 7.60. The molecule has 6 nitrogen and oxygen atoms in total. The van der Waals surface area contributed by atoms with E-state index in [0.29, 0.717) is 16.4 Å². The highest BCUT2D eigenvalue weighted by molar-refractivity contribution is 7.21. The Morgan fingerprint density at radius 1 is 1.30 bits per heavy atom. The van der Waals surface area contributed by atoms with Crippen molar-refractivity contribution >= 4 is 44.9 Å². The quantitative estimate of drug-likeness (QED) is 0.480. The molecule has 2 heterocycles. The number of esters is 1. The summed E-state index contributed by atoms with van der Waals surface area (Å²) in [5, 5.41) is 8.29. The first-order chi connectivity index (χ1) is 13.0. The number of nitrogens with one attached hydrogen (secondary N) is 1. The molecular formula is C19H20ClN3O3S. The Bertz CT molecular complexity index is 980. The minimum Gasteiger partial charge on any atom is -0.451 e. The maximum absolute atomic E-state index is 12.2. The Hall–Kier alpha value is -2.38. The summed E-state index contributed by atoms with van der Waals surface area (Å²) in [6.07, 6.45) is 0.740. The third-order valence-electron chi connectivity index (χ3n) is 4.03. The van der Waals surface area contributed by atoms with E-state index in [-0.39, 0.29) is 12.5 Å². The van der Waals surface area contributed by atoms with Crippen LogP contribution in [-0.4, -0.2) is 34.8 Å². The molecule has 8 heteroatoms. The SMILES string of the molecule is Cc1cc(C)n(CCCNC(=O)COC(=O)c2sc3ccccc3c2Cl)n1. The first-order valence-electron chi connectivity index (χ1n) is 8.57. The number of aryl methyl sites for hydroxylation is 3. The van der Waals surface area contributed by atoms with Gasteiger partial charge in [0, 0.05) is 28.9 Å². The Morgan fingerprint density at radius 2 is 2.07 bits per heavy atom. The summed E-state index contributed by atoms with van der Waals surface area (Å²) in [4.78, 5) is 24.4. The van der Waals surface area contributed by atoms with Crippen molar-refractivity contribution < 1.29 is 14.3 Å². The third kappa shape index (κ3) is 4.67. The predicted molar refractivity (Wildman–Crippen MR) is 106 cm³/mol. The highest BCUT2D eigenvalue weighted by atomic mass is 35.5. The zero-order valence-electron chi connectivity index (χ0n) is 15.1. The molecule has 2 aromatic heterocycles. The second-order valence-electron chi connectivity index (χ2n) is 6.17. The molecule has 0 saturated heterocycles. The lowest BCUT2D eigenvalue weighted by Gasteiger charge is -2.07. The number of hydrogen-bond donors (Lipinski definition) is 1. The van der Waals surface area contributed by atoms with Gasteiger partial charge in [-0.1, -0.05) is 29.8 Å². The molecule has 0 bridgehead atoms. The number of rotatable bonds is 7. The number of aromatic nitrogens is 2. The Labute approximate surface area is 166 Å². The minimum atomic E-state index is -0.584. The van der Waals surface area contributed by atoms with Gasteiger partial charge in [-0.25, -0.2) is 4.79 Å². The van der Waals surface area contributed by atoms with Crippen molar-refractivity contribution in [3.63, 3.8) is 0 Å². The molecule has 3 rings (SSSR count). The molecule has 1 amide bonds. The summed E-state index contributed by atoms with van der Waals surface area (Å²) in [5.41, 5.74) is 2.07. The van der Waals surface area contributed by atoms with Crippen LogP contribution in [0.25, 0.3) is 10.1 Å². The Kier molecular flexibility index (Phi) is 6.13. The first kappa shape index (κ1) is 19.4. The van der Waals surface area contributed by atoms with Gasteiger partial charge in [-0.2, -0.15) is 5.10 Å². The zero-order valence-corrected chi connectivity index (χ0v) is 16.7. The van der Waals surface area contributed by atoms with E-state index >= 15 is 0 Å². The van der Waals surface area contributed by atoms with Gasteiger partial charge in [0.25, 0.3) is 5.91 Å². The van der Waals surface area contributed by atoms with E-state index in [2.05, 4.69) is 10.4 Å². The van der Waals surface area contributed by atoms with Crippen LogP contribution in [0.4, 0.5) is 0 Å². The molecule has 0 fully saturated rings. The van der Waals surface area contributed by atoms with Crippen LogP contribution in [0.5, 0.6) is 0 Å². The minimum absolute atomic E-state index is 0.315. The van der Waals surface area contributed by atoms with Crippen LogP contribution < -0.4 is 5.32 Å². The molecule has 142 valence electrons. The molecule has 0 aliphatic heterocycles. The van der Waals surface area contributed by atoms with E-state index in [1.807, 2.05) is 48.9 Å². The maximum Gasteiger partial charge on any atom is 0.350 e. The molecule has 3 aromatic rings. The fraction of sp³-hybridized carbons (Fsp3) is 0.316. The smallest absolute Gasteiger partial charge is 0.350 e. The third-order valence-corrected chi connectivity index (χ3v) is 5.68. The van der Waals surface area contributed by atoms with Gasteiger partial charge in [-0.3, -0.25) is 9.48 Å². The van der Waals surface area contributed by atoms with E-state index in [1.165, 1.54) is 11.3 Å². The van der Waals surface area contributed by atoms with E-state index in [0.717, 1.165) is 34.4 Å². The van der Waals surface area contributed by atoms with Gasteiger partial charge in [-0.05, 0) is 32.4 Å². The van der Waals surface area contributed by atoms with Crippen molar-refractivity contribution in [2.45, 2.75) is 26.8 Å². The number of thiophene rings is 1. The van der Waals surface area contributed by atoms with Gasteiger partial charge in [0.2, 0.25) is 0 Å². The van der Waals surface area contributed by atoms with Crippen LogP contribution in [0.1, 0.15) is 27.5 Å². The van der Waals surface area contributed by atoms with Gasteiger partial charge in [0.05, 0.1) is 10.7 Å². The molecule has 0 atom stereocenters. The van der Waals surface area contributed by atoms with Crippen molar-refractivity contribution in [3.8, 4) is 0 Å². The number of nitrogens with zero attached hydrogens (tertiary/aromatic N) is 2. The topological polar surface area (TPSA) is 73.2 Å². The number of carbonyl (C=O) groups excluding carboxylic acids is 2. The van der Waals surface area contributed by atoms with Crippen LogP contribution in [-0.2, 0) is 16.1 Å². The summed E-state index contributed by atoms with van der Waals surface area (Å²) in [6.45, 7) is 4.82. The second kappa shape index (κ2) is 8.54. The van der Waals surface area contributed by atoms with Crippen LogP contribution in [0.15, 0.2) is 30.3 Å². The van der Waals surface area contributed by atoms with Crippen molar-refractivity contribution in [1.29, 1.82) is 0 Å². The maximum atomic E-state index is 12.2. The zero-order chi connectivity index (χ0) is 19.4.